The van der Waals surface area contributed by atoms with Crippen molar-refractivity contribution < 1.29 is 9.32 Å². The second-order valence-electron chi connectivity index (χ2n) is 6.38. The maximum atomic E-state index is 12.4. The van der Waals surface area contributed by atoms with Crippen LogP contribution in [0.1, 0.15) is 41.7 Å². The zero-order valence-corrected chi connectivity index (χ0v) is 14.6. The van der Waals surface area contributed by atoms with Crippen molar-refractivity contribution in [3.05, 3.63) is 71.6 Å². The number of amides is 1. The third kappa shape index (κ3) is 3.94. The lowest BCUT2D eigenvalue weighted by Crippen LogP contribution is -2.32. The fraction of sp³-hybridized carbons (Fsp3) is 0.250. The Hall–Kier alpha value is -2.95. The van der Waals surface area contributed by atoms with Crippen molar-refractivity contribution in [1.29, 1.82) is 0 Å². The van der Waals surface area contributed by atoms with Crippen molar-refractivity contribution >= 4 is 5.91 Å². The lowest BCUT2D eigenvalue weighted by Gasteiger charge is -2.18. The summed E-state index contributed by atoms with van der Waals surface area (Å²) in [4.78, 5) is 16.9. The Morgan fingerprint density at radius 3 is 2.36 bits per heavy atom. The second kappa shape index (κ2) is 7.30. The summed E-state index contributed by atoms with van der Waals surface area (Å²) in [6.45, 7) is 6.04. The number of rotatable bonds is 5. The van der Waals surface area contributed by atoms with E-state index in [0.29, 0.717) is 17.3 Å². The molecule has 0 aliphatic rings. The van der Waals surface area contributed by atoms with Gasteiger partial charge in [0.15, 0.2) is 0 Å². The van der Waals surface area contributed by atoms with Crippen molar-refractivity contribution in [3.63, 3.8) is 0 Å². The first-order chi connectivity index (χ1) is 12.0. The first kappa shape index (κ1) is 16.9. The summed E-state index contributed by atoms with van der Waals surface area (Å²) >= 11 is 0. The van der Waals surface area contributed by atoms with Gasteiger partial charge in [-0.25, -0.2) is 0 Å². The van der Waals surface area contributed by atoms with Gasteiger partial charge < -0.3 is 9.84 Å². The van der Waals surface area contributed by atoms with Crippen LogP contribution in [0.15, 0.2) is 59.1 Å². The number of aromatic nitrogens is 2. The summed E-state index contributed by atoms with van der Waals surface area (Å²) in [5.74, 6) is 0.887. The number of hydrogen-bond acceptors (Lipinski definition) is 4. The van der Waals surface area contributed by atoms with Gasteiger partial charge in [0.05, 0.1) is 0 Å². The molecule has 0 aliphatic carbocycles. The van der Waals surface area contributed by atoms with Gasteiger partial charge in [-0.15, -0.1) is 0 Å². The van der Waals surface area contributed by atoms with Crippen molar-refractivity contribution in [2.24, 2.45) is 5.92 Å². The number of nitrogens with zero attached hydrogens (tertiary/aromatic N) is 2. The standard InChI is InChI=1S/C20H21N3O2/c1-13(2)17(21-19(24)16-7-5-4-6-8-16)20-22-18(23-25-20)15-11-9-14(3)10-12-15/h4-13,17H,1-3H3,(H,21,24)/t17-/m1/s1. The van der Waals surface area contributed by atoms with E-state index in [0.717, 1.165) is 5.56 Å². The number of hydrogen-bond donors (Lipinski definition) is 1. The van der Waals surface area contributed by atoms with Crippen LogP contribution in [0.2, 0.25) is 0 Å². The Morgan fingerprint density at radius 2 is 1.72 bits per heavy atom. The molecule has 128 valence electrons. The molecule has 1 N–H and O–H groups in total. The van der Waals surface area contributed by atoms with Crippen LogP contribution in [0, 0.1) is 12.8 Å². The van der Waals surface area contributed by atoms with E-state index in [2.05, 4.69) is 15.5 Å². The topological polar surface area (TPSA) is 68.0 Å². The van der Waals surface area contributed by atoms with Gasteiger partial charge >= 0.3 is 0 Å². The molecule has 0 unspecified atom stereocenters. The van der Waals surface area contributed by atoms with Gasteiger partial charge in [-0.1, -0.05) is 67.0 Å². The molecule has 3 rings (SSSR count). The third-order valence-corrected chi connectivity index (χ3v) is 4.01. The zero-order valence-electron chi connectivity index (χ0n) is 14.6. The first-order valence-electron chi connectivity index (χ1n) is 8.31. The predicted molar refractivity (Wildman–Crippen MR) is 96.0 cm³/mol. The highest BCUT2D eigenvalue weighted by Crippen LogP contribution is 2.24. The minimum atomic E-state index is -0.348. The molecule has 1 aromatic heterocycles. The quantitative estimate of drug-likeness (QED) is 0.760. The van der Waals surface area contributed by atoms with Crippen LogP contribution >= 0.6 is 0 Å². The Balaban J connectivity index is 1.82. The molecule has 2 aromatic carbocycles. The SMILES string of the molecule is Cc1ccc(-c2noc([C@H](NC(=O)c3ccccc3)C(C)C)n2)cc1. The number of benzene rings is 2. The van der Waals surface area contributed by atoms with Crippen LogP contribution < -0.4 is 5.32 Å². The smallest absolute Gasteiger partial charge is 0.251 e. The minimum absolute atomic E-state index is 0.110. The van der Waals surface area contributed by atoms with E-state index in [-0.39, 0.29) is 17.9 Å². The summed E-state index contributed by atoms with van der Waals surface area (Å²) in [7, 11) is 0. The summed E-state index contributed by atoms with van der Waals surface area (Å²) < 4.78 is 5.43. The molecule has 0 radical (unpaired) electrons. The minimum Gasteiger partial charge on any atom is -0.340 e. The van der Waals surface area contributed by atoms with E-state index in [1.165, 1.54) is 5.56 Å². The highest BCUT2D eigenvalue weighted by atomic mass is 16.5. The normalized spacial score (nSPS) is 12.2. The van der Waals surface area contributed by atoms with Crippen molar-refractivity contribution in [2.45, 2.75) is 26.8 Å². The summed E-state index contributed by atoms with van der Waals surface area (Å²) in [5, 5.41) is 7.05. The van der Waals surface area contributed by atoms with Gasteiger partial charge in [-0.3, -0.25) is 4.79 Å². The van der Waals surface area contributed by atoms with Gasteiger partial charge in [0.1, 0.15) is 6.04 Å². The van der Waals surface area contributed by atoms with Crippen LogP contribution in [0.25, 0.3) is 11.4 Å². The fourth-order valence-electron chi connectivity index (χ4n) is 2.51. The van der Waals surface area contributed by atoms with E-state index < -0.39 is 0 Å². The van der Waals surface area contributed by atoms with E-state index in [1.54, 1.807) is 12.1 Å². The lowest BCUT2D eigenvalue weighted by molar-refractivity contribution is 0.0914. The van der Waals surface area contributed by atoms with Crippen LogP contribution in [0.4, 0.5) is 0 Å². The first-order valence-corrected chi connectivity index (χ1v) is 8.31. The number of nitrogens with one attached hydrogen (secondary N) is 1. The number of aryl methyl sites for hydroxylation is 1. The van der Waals surface area contributed by atoms with Gasteiger partial charge in [0.2, 0.25) is 11.7 Å². The monoisotopic (exact) mass is 335 g/mol. The maximum absolute atomic E-state index is 12.4. The number of carbonyl (C=O) groups excluding carboxylic acids is 1. The second-order valence-corrected chi connectivity index (χ2v) is 6.38. The molecule has 0 spiro atoms. The third-order valence-electron chi connectivity index (χ3n) is 4.01. The van der Waals surface area contributed by atoms with Gasteiger partial charge in [-0.05, 0) is 25.0 Å². The van der Waals surface area contributed by atoms with Gasteiger partial charge in [0, 0.05) is 11.1 Å². The maximum Gasteiger partial charge on any atom is 0.251 e. The Labute approximate surface area is 147 Å². The van der Waals surface area contributed by atoms with E-state index in [4.69, 9.17) is 4.52 Å². The Kier molecular flexibility index (Phi) is 4.93. The largest absolute Gasteiger partial charge is 0.340 e. The van der Waals surface area contributed by atoms with E-state index in [1.807, 2.05) is 63.2 Å². The molecule has 25 heavy (non-hydrogen) atoms. The molecule has 5 heteroatoms. The van der Waals surface area contributed by atoms with Crippen molar-refractivity contribution in [3.8, 4) is 11.4 Å². The molecule has 0 aliphatic heterocycles. The lowest BCUT2D eigenvalue weighted by atomic mass is 10.0. The van der Waals surface area contributed by atoms with Crippen LogP contribution in [-0.4, -0.2) is 16.0 Å². The molecule has 1 atom stereocenters. The number of carbonyl (C=O) groups is 1. The van der Waals surface area contributed by atoms with E-state index >= 15 is 0 Å². The fourth-order valence-corrected chi connectivity index (χ4v) is 2.51. The van der Waals surface area contributed by atoms with Gasteiger partial charge in [0.25, 0.3) is 5.91 Å². The van der Waals surface area contributed by atoms with Crippen LogP contribution in [0.3, 0.4) is 0 Å². The molecule has 1 heterocycles. The Morgan fingerprint density at radius 1 is 1.04 bits per heavy atom. The van der Waals surface area contributed by atoms with Crippen molar-refractivity contribution in [1.82, 2.24) is 15.5 Å². The molecule has 5 nitrogen and oxygen atoms in total. The van der Waals surface area contributed by atoms with Gasteiger partial charge in [-0.2, -0.15) is 4.98 Å². The summed E-state index contributed by atoms with van der Waals surface area (Å²) in [5.41, 5.74) is 2.66. The van der Waals surface area contributed by atoms with E-state index in [9.17, 15) is 4.79 Å². The Bertz CT molecular complexity index is 839. The molecule has 0 bridgehead atoms. The molecule has 3 aromatic rings. The predicted octanol–water partition coefficient (Wildman–Crippen LogP) is 4.17. The average molecular weight is 335 g/mol. The highest BCUT2D eigenvalue weighted by molar-refractivity contribution is 5.94. The summed E-state index contributed by atoms with van der Waals surface area (Å²) in [6, 6.07) is 16.7. The molecular weight excluding hydrogens is 314 g/mol. The zero-order chi connectivity index (χ0) is 17.8. The van der Waals surface area contributed by atoms with Crippen LogP contribution in [0.5, 0.6) is 0 Å². The van der Waals surface area contributed by atoms with Crippen molar-refractivity contribution in [2.75, 3.05) is 0 Å². The molecular formula is C20H21N3O2. The highest BCUT2D eigenvalue weighted by Gasteiger charge is 2.25. The molecule has 0 saturated carbocycles. The average Bonchev–Trinajstić information content (AvgIpc) is 3.10. The van der Waals surface area contributed by atoms with Crippen LogP contribution in [-0.2, 0) is 0 Å². The molecule has 0 saturated heterocycles. The summed E-state index contributed by atoms with van der Waals surface area (Å²) in [6.07, 6.45) is 0. The molecule has 0 fully saturated rings. The molecule has 1 amide bonds.